The van der Waals surface area contributed by atoms with Crippen LogP contribution in [0, 0.1) is 0 Å². The molecular weight excluding hydrogens is 216 g/mol. The fraction of sp³-hybridized carbons (Fsp3) is 0.200. The minimum atomic E-state index is 0.0297. The van der Waals surface area contributed by atoms with Crippen LogP contribution in [0.15, 0.2) is 54.6 Å². The number of allylic oxidation sites excluding steroid dienone is 1. The van der Waals surface area contributed by atoms with E-state index in [0.29, 0.717) is 0 Å². The molecule has 0 saturated heterocycles. The van der Waals surface area contributed by atoms with Gasteiger partial charge in [-0.15, -0.1) is 18.2 Å². The Balaban J connectivity index is 2.35. The third-order valence-electron chi connectivity index (χ3n) is 2.66. The molecule has 0 aliphatic heterocycles. The number of alkyl halides is 1. The molecule has 1 atom stereocenters. The molecule has 1 unspecified atom stereocenters. The zero-order chi connectivity index (χ0) is 11.5. The molecular formula is C15H15Cl. The average molecular weight is 231 g/mol. The number of halogens is 1. The van der Waals surface area contributed by atoms with Crippen molar-refractivity contribution in [1.82, 2.24) is 0 Å². The first-order valence-electron chi connectivity index (χ1n) is 5.44. The maximum Gasteiger partial charge on any atom is 0.0622 e. The lowest BCUT2D eigenvalue weighted by atomic mass is 10.0. The molecule has 0 saturated carbocycles. The highest BCUT2D eigenvalue weighted by Crippen LogP contribution is 2.29. The van der Waals surface area contributed by atoms with E-state index >= 15 is 0 Å². The van der Waals surface area contributed by atoms with Crippen LogP contribution in [-0.4, -0.2) is 0 Å². The highest BCUT2D eigenvalue weighted by molar-refractivity contribution is 6.21. The van der Waals surface area contributed by atoms with Crippen molar-refractivity contribution in [3.05, 3.63) is 60.2 Å². The summed E-state index contributed by atoms with van der Waals surface area (Å²) in [5.74, 6) is 0. The minimum absolute atomic E-state index is 0.0297. The SMILES string of the molecule is C=C(C)CC(Cl)c1ccc2ccccc2c1. The molecule has 2 aromatic carbocycles. The smallest absolute Gasteiger partial charge is 0.0622 e. The molecule has 0 aliphatic carbocycles. The zero-order valence-corrected chi connectivity index (χ0v) is 10.2. The summed E-state index contributed by atoms with van der Waals surface area (Å²) in [6.07, 6.45) is 0.833. The van der Waals surface area contributed by atoms with Crippen molar-refractivity contribution in [2.75, 3.05) is 0 Å². The van der Waals surface area contributed by atoms with Crippen molar-refractivity contribution in [2.45, 2.75) is 18.7 Å². The Morgan fingerprint density at radius 1 is 1.19 bits per heavy atom. The van der Waals surface area contributed by atoms with Crippen LogP contribution in [-0.2, 0) is 0 Å². The first-order chi connectivity index (χ1) is 7.66. The van der Waals surface area contributed by atoms with Crippen molar-refractivity contribution in [1.29, 1.82) is 0 Å². The van der Waals surface area contributed by atoms with Crippen LogP contribution < -0.4 is 0 Å². The maximum atomic E-state index is 6.34. The van der Waals surface area contributed by atoms with Crippen LogP contribution in [0.2, 0.25) is 0 Å². The first kappa shape index (κ1) is 11.2. The van der Waals surface area contributed by atoms with Crippen LogP contribution >= 0.6 is 11.6 Å². The lowest BCUT2D eigenvalue weighted by Gasteiger charge is -2.10. The van der Waals surface area contributed by atoms with Gasteiger partial charge >= 0.3 is 0 Å². The molecule has 0 spiro atoms. The number of rotatable bonds is 3. The van der Waals surface area contributed by atoms with Crippen LogP contribution in [0.3, 0.4) is 0 Å². The minimum Gasteiger partial charge on any atom is -0.117 e. The molecule has 82 valence electrons. The molecule has 16 heavy (non-hydrogen) atoms. The van der Waals surface area contributed by atoms with E-state index in [9.17, 15) is 0 Å². The van der Waals surface area contributed by atoms with E-state index in [1.54, 1.807) is 0 Å². The summed E-state index contributed by atoms with van der Waals surface area (Å²) in [7, 11) is 0. The number of fused-ring (bicyclic) bond motifs is 1. The Morgan fingerprint density at radius 3 is 2.56 bits per heavy atom. The molecule has 0 amide bonds. The first-order valence-corrected chi connectivity index (χ1v) is 5.87. The summed E-state index contributed by atoms with van der Waals surface area (Å²) >= 11 is 6.34. The fourth-order valence-corrected chi connectivity index (χ4v) is 2.23. The third kappa shape index (κ3) is 2.45. The van der Waals surface area contributed by atoms with E-state index in [4.69, 9.17) is 11.6 Å². The Bertz CT molecular complexity index is 514. The molecule has 0 radical (unpaired) electrons. The Labute approximate surface area is 102 Å². The number of hydrogen-bond donors (Lipinski definition) is 0. The summed E-state index contributed by atoms with van der Waals surface area (Å²) < 4.78 is 0. The van der Waals surface area contributed by atoms with E-state index in [2.05, 4.69) is 36.9 Å². The lowest BCUT2D eigenvalue weighted by Crippen LogP contribution is -1.91. The van der Waals surface area contributed by atoms with Gasteiger partial charge in [0, 0.05) is 0 Å². The highest BCUT2D eigenvalue weighted by Gasteiger charge is 2.08. The van der Waals surface area contributed by atoms with E-state index in [-0.39, 0.29) is 5.38 Å². The van der Waals surface area contributed by atoms with Crippen molar-refractivity contribution in [3.8, 4) is 0 Å². The average Bonchev–Trinajstić information content (AvgIpc) is 2.27. The van der Waals surface area contributed by atoms with Crippen molar-refractivity contribution in [2.24, 2.45) is 0 Å². The van der Waals surface area contributed by atoms with Crippen molar-refractivity contribution < 1.29 is 0 Å². The summed E-state index contributed by atoms with van der Waals surface area (Å²) in [6, 6.07) is 14.7. The van der Waals surface area contributed by atoms with Gasteiger partial charge in [0.25, 0.3) is 0 Å². The summed E-state index contributed by atoms with van der Waals surface area (Å²) in [5.41, 5.74) is 2.29. The van der Waals surface area contributed by atoms with Gasteiger partial charge < -0.3 is 0 Å². The van der Waals surface area contributed by atoms with Crippen LogP contribution in [0.4, 0.5) is 0 Å². The van der Waals surface area contributed by atoms with E-state index in [0.717, 1.165) is 12.0 Å². The van der Waals surface area contributed by atoms with Gasteiger partial charge in [-0.1, -0.05) is 42.0 Å². The maximum absolute atomic E-state index is 6.34. The van der Waals surface area contributed by atoms with Gasteiger partial charge in [0.15, 0.2) is 0 Å². The van der Waals surface area contributed by atoms with Gasteiger partial charge in [0.1, 0.15) is 0 Å². The van der Waals surface area contributed by atoms with Crippen molar-refractivity contribution >= 4 is 22.4 Å². The summed E-state index contributed by atoms with van der Waals surface area (Å²) in [5, 5.41) is 2.53. The second kappa shape index (κ2) is 4.71. The molecule has 2 rings (SSSR count). The van der Waals surface area contributed by atoms with Gasteiger partial charge in [-0.05, 0) is 35.7 Å². The van der Waals surface area contributed by atoms with Crippen LogP contribution in [0.25, 0.3) is 10.8 Å². The molecule has 1 heteroatoms. The van der Waals surface area contributed by atoms with Gasteiger partial charge in [0.05, 0.1) is 5.38 Å². The van der Waals surface area contributed by atoms with Crippen molar-refractivity contribution in [3.63, 3.8) is 0 Å². The van der Waals surface area contributed by atoms with Crippen LogP contribution in [0.1, 0.15) is 24.3 Å². The van der Waals surface area contributed by atoms with E-state index in [1.807, 2.05) is 19.1 Å². The molecule has 0 heterocycles. The molecule has 0 aliphatic rings. The Morgan fingerprint density at radius 2 is 1.88 bits per heavy atom. The van der Waals surface area contributed by atoms with E-state index < -0.39 is 0 Å². The standard InChI is InChI=1S/C15H15Cl/c1-11(2)9-15(16)14-8-7-12-5-3-4-6-13(12)10-14/h3-8,10,15H,1,9H2,2H3. The lowest BCUT2D eigenvalue weighted by molar-refractivity contribution is 0.909. The number of benzene rings is 2. The highest BCUT2D eigenvalue weighted by atomic mass is 35.5. The van der Waals surface area contributed by atoms with Gasteiger partial charge in [-0.3, -0.25) is 0 Å². The molecule has 0 fully saturated rings. The third-order valence-corrected chi connectivity index (χ3v) is 3.07. The van der Waals surface area contributed by atoms with Gasteiger partial charge in [0.2, 0.25) is 0 Å². The largest absolute Gasteiger partial charge is 0.117 e. The molecule has 0 N–H and O–H groups in total. The second-order valence-electron chi connectivity index (χ2n) is 4.24. The van der Waals surface area contributed by atoms with Gasteiger partial charge in [-0.25, -0.2) is 0 Å². The predicted molar refractivity (Wildman–Crippen MR) is 72.0 cm³/mol. The monoisotopic (exact) mass is 230 g/mol. The fourth-order valence-electron chi connectivity index (χ4n) is 1.83. The summed E-state index contributed by atoms with van der Waals surface area (Å²) in [4.78, 5) is 0. The van der Waals surface area contributed by atoms with Crippen LogP contribution in [0.5, 0.6) is 0 Å². The molecule has 0 bridgehead atoms. The second-order valence-corrected chi connectivity index (χ2v) is 4.76. The predicted octanol–water partition coefficient (Wildman–Crippen LogP) is 5.09. The number of hydrogen-bond acceptors (Lipinski definition) is 0. The van der Waals surface area contributed by atoms with E-state index in [1.165, 1.54) is 16.3 Å². The topological polar surface area (TPSA) is 0 Å². The Hall–Kier alpha value is -1.27. The Kier molecular flexibility index (Phi) is 3.31. The molecule has 0 nitrogen and oxygen atoms in total. The normalized spacial score (nSPS) is 12.6. The van der Waals surface area contributed by atoms with Gasteiger partial charge in [-0.2, -0.15) is 0 Å². The molecule has 0 aromatic heterocycles. The quantitative estimate of drug-likeness (QED) is 0.509. The molecule has 2 aromatic rings. The zero-order valence-electron chi connectivity index (χ0n) is 9.41. The summed E-state index contributed by atoms with van der Waals surface area (Å²) in [6.45, 7) is 5.91.